The summed E-state index contributed by atoms with van der Waals surface area (Å²) in [4.78, 5) is 28.9. The van der Waals surface area contributed by atoms with Crippen LogP contribution in [-0.2, 0) is 23.0 Å². The molecular weight excluding hydrogens is 332 g/mol. The van der Waals surface area contributed by atoms with Crippen molar-refractivity contribution in [3.05, 3.63) is 57.9 Å². The van der Waals surface area contributed by atoms with Gasteiger partial charge in [-0.2, -0.15) is 0 Å². The largest absolute Gasteiger partial charge is 0.468 e. The molecular formula is C19H22N4O3. The van der Waals surface area contributed by atoms with Gasteiger partial charge in [-0.1, -0.05) is 0 Å². The van der Waals surface area contributed by atoms with E-state index in [4.69, 9.17) is 10.5 Å². The molecule has 1 atom stereocenters. The predicted octanol–water partition coefficient (Wildman–Crippen LogP) is 1.36. The molecule has 0 unspecified atom stereocenters. The van der Waals surface area contributed by atoms with E-state index < -0.39 is 12.0 Å². The topological polar surface area (TPSA) is 91.6 Å². The number of carbonyl (C=O) groups excluding carboxylic acids is 1. The predicted molar refractivity (Wildman–Crippen MR) is 99.0 cm³/mol. The SMILES string of the molecule is COC(=O)[C@@H](N)Cc1ccc(-c2c(C)cc(C)n(C)c2=O)c2nccn12. The Morgan fingerprint density at radius 3 is 2.77 bits per heavy atom. The molecule has 0 aliphatic carbocycles. The van der Waals surface area contributed by atoms with Gasteiger partial charge in [0.25, 0.3) is 5.56 Å². The third-order valence-corrected chi connectivity index (χ3v) is 4.70. The third-order valence-electron chi connectivity index (χ3n) is 4.70. The van der Waals surface area contributed by atoms with Crippen molar-refractivity contribution < 1.29 is 9.53 Å². The van der Waals surface area contributed by atoms with E-state index in [9.17, 15) is 9.59 Å². The number of methoxy groups -OCH3 is 1. The Morgan fingerprint density at radius 1 is 1.35 bits per heavy atom. The second-order valence-electron chi connectivity index (χ2n) is 6.40. The molecule has 7 nitrogen and oxygen atoms in total. The monoisotopic (exact) mass is 354 g/mol. The lowest BCUT2D eigenvalue weighted by Crippen LogP contribution is -2.34. The van der Waals surface area contributed by atoms with Crippen LogP contribution < -0.4 is 11.3 Å². The summed E-state index contributed by atoms with van der Waals surface area (Å²) >= 11 is 0. The van der Waals surface area contributed by atoms with Gasteiger partial charge in [0.1, 0.15) is 11.7 Å². The highest BCUT2D eigenvalue weighted by molar-refractivity contribution is 5.80. The molecule has 3 aromatic rings. The van der Waals surface area contributed by atoms with Crippen LogP contribution in [0.1, 0.15) is 17.0 Å². The highest BCUT2D eigenvalue weighted by Gasteiger charge is 2.19. The lowest BCUT2D eigenvalue weighted by molar-refractivity contribution is -0.142. The number of esters is 1. The summed E-state index contributed by atoms with van der Waals surface area (Å²) in [6.45, 7) is 3.82. The molecule has 0 saturated carbocycles. The van der Waals surface area contributed by atoms with Gasteiger partial charge in [-0.15, -0.1) is 0 Å². The van der Waals surface area contributed by atoms with Crippen LogP contribution in [0.3, 0.4) is 0 Å². The molecule has 0 bridgehead atoms. The van der Waals surface area contributed by atoms with Crippen molar-refractivity contribution in [3.8, 4) is 11.1 Å². The first-order valence-corrected chi connectivity index (χ1v) is 8.31. The van der Waals surface area contributed by atoms with Gasteiger partial charge in [0.05, 0.1) is 12.7 Å². The highest BCUT2D eigenvalue weighted by atomic mass is 16.5. The van der Waals surface area contributed by atoms with Gasteiger partial charge in [-0.05, 0) is 37.6 Å². The molecule has 0 amide bonds. The number of aryl methyl sites for hydroxylation is 2. The minimum Gasteiger partial charge on any atom is -0.468 e. The van der Waals surface area contributed by atoms with Crippen LogP contribution in [0.25, 0.3) is 16.8 Å². The number of ether oxygens (including phenoxy) is 1. The summed E-state index contributed by atoms with van der Waals surface area (Å²) in [6, 6.07) is 4.95. The van der Waals surface area contributed by atoms with Gasteiger partial charge in [0, 0.05) is 42.8 Å². The molecule has 26 heavy (non-hydrogen) atoms. The van der Waals surface area contributed by atoms with Crippen LogP contribution in [0, 0.1) is 13.8 Å². The Bertz CT molecular complexity index is 1050. The molecule has 0 saturated heterocycles. The van der Waals surface area contributed by atoms with Crippen molar-refractivity contribution >= 4 is 11.6 Å². The number of carbonyl (C=O) groups is 1. The standard InChI is InChI=1S/C19H22N4O3/c1-11-9-12(2)22(3)18(24)16(11)14-6-5-13(10-15(20)19(25)26-4)23-8-7-21-17(14)23/h5-9,15H,10,20H2,1-4H3/t15-/m0/s1. The van der Waals surface area contributed by atoms with Gasteiger partial charge < -0.3 is 19.4 Å². The van der Waals surface area contributed by atoms with Crippen molar-refractivity contribution in [2.45, 2.75) is 26.3 Å². The Labute approximate surface area is 151 Å². The number of rotatable bonds is 4. The molecule has 3 aromatic heterocycles. The van der Waals surface area contributed by atoms with Gasteiger partial charge in [-0.3, -0.25) is 9.59 Å². The summed E-state index contributed by atoms with van der Waals surface area (Å²) in [5, 5.41) is 0. The van der Waals surface area contributed by atoms with E-state index in [-0.39, 0.29) is 5.56 Å². The second kappa shape index (κ2) is 6.76. The number of pyridine rings is 2. The first-order valence-electron chi connectivity index (χ1n) is 8.31. The maximum Gasteiger partial charge on any atom is 0.323 e. The summed E-state index contributed by atoms with van der Waals surface area (Å²) in [6.07, 6.45) is 3.77. The van der Waals surface area contributed by atoms with Crippen molar-refractivity contribution in [2.75, 3.05) is 7.11 Å². The van der Waals surface area contributed by atoms with Crippen LogP contribution in [-0.4, -0.2) is 33.1 Å². The summed E-state index contributed by atoms with van der Waals surface area (Å²) in [5.41, 5.74) is 10.5. The van der Waals surface area contributed by atoms with Crippen molar-refractivity contribution in [2.24, 2.45) is 12.8 Å². The molecule has 0 fully saturated rings. The third kappa shape index (κ3) is 2.90. The fourth-order valence-corrected chi connectivity index (χ4v) is 3.20. The number of nitrogens with two attached hydrogens (primary N) is 1. The number of hydrogen-bond acceptors (Lipinski definition) is 5. The van der Waals surface area contributed by atoms with Crippen LogP contribution in [0.5, 0.6) is 0 Å². The zero-order chi connectivity index (χ0) is 19.0. The fraction of sp³-hybridized carbons (Fsp3) is 0.316. The summed E-state index contributed by atoms with van der Waals surface area (Å²) in [5.74, 6) is -0.467. The smallest absolute Gasteiger partial charge is 0.323 e. The van der Waals surface area contributed by atoms with Gasteiger partial charge in [-0.25, -0.2) is 4.98 Å². The zero-order valence-corrected chi connectivity index (χ0v) is 15.3. The van der Waals surface area contributed by atoms with Crippen LogP contribution in [0.2, 0.25) is 0 Å². The first-order chi connectivity index (χ1) is 12.3. The van der Waals surface area contributed by atoms with Gasteiger partial charge in [0.2, 0.25) is 0 Å². The molecule has 0 spiro atoms. The van der Waals surface area contributed by atoms with E-state index in [0.717, 1.165) is 22.5 Å². The van der Waals surface area contributed by atoms with Crippen LogP contribution in [0.4, 0.5) is 0 Å². The van der Waals surface area contributed by atoms with Gasteiger partial charge in [0.15, 0.2) is 0 Å². The number of hydrogen-bond donors (Lipinski definition) is 1. The highest BCUT2D eigenvalue weighted by Crippen LogP contribution is 2.26. The van der Waals surface area contributed by atoms with E-state index in [0.29, 0.717) is 17.6 Å². The normalized spacial score (nSPS) is 12.3. The minimum atomic E-state index is -0.759. The van der Waals surface area contributed by atoms with Crippen molar-refractivity contribution in [3.63, 3.8) is 0 Å². The number of imidazole rings is 1. The first kappa shape index (κ1) is 17.9. The maximum atomic E-state index is 12.8. The molecule has 2 N–H and O–H groups in total. The molecule has 3 heterocycles. The molecule has 136 valence electrons. The lowest BCUT2D eigenvalue weighted by atomic mass is 10.0. The Hall–Kier alpha value is -2.93. The summed E-state index contributed by atoms with van der Waals surface area (Å²) < 4.78 is 8.18. The van der Waals surface area contributed by atoms with Crippen molar-refractivity contribution in [1.82, 2.24) is 14.0 Å². The van der Waals surface area contributed by atoms with E-state index >= 15 is 0 Å². The molecule has 3 rings (SSSR count). The van der Waals surface area contributed by atoms with E-state index in [1.807, 2.05) is 36.4 Å². The Morgan fingerprint density at radius 2 is 2.08 bits per heavy atom. The molecule has 7 heteroatoms. The van der Waals surface area contributed by atoms with Gasteiger partial charge >= 0.3 is 5.97 Å². The number of aromatic nitrogens is 3. The molecule has 0 aliphatic rings. The van der Waals surface area contributed by atoms with Crippen molar-refractivity contribution in [1.29, 1.82) is 0 Å². The average molecular weight is 354 g/mol. The van der Waals surface area contributed by atoms with E-state index in [2.05, 4.69) is 4.98 Å². The van der Waals surface area contributed by atoms with Crippen LogP contribution >= 0.6 is 0 Å². The Kier molecular flexibility index (Phi) is 4.65. The zero-order valence-electron chi connectivity index (χ0n) is 15.3. The number of nitrogens with zero attached hydrogens (tertiary/aromatic N) is 3. The lowest BCUT2D eigenvalue weighted by Gasteiger charge is -2.15. The minimum absolute atomic E-state index is 0.0635. The maximum absolute atomic E-state index is 12.8. The Balaban J connectivity index is 2.16. The quantitative estimate of drug-likeness (QED) is 0.714. The molecule has 0 radical (unpaired) electrons. The number of fused-ring (bicyclic) bond motifs is 1. The average Bonchev–Trinajstić information content (AvgIpc) is 3.11. The second-order valence-corrected chi connectivity index (χ2v) is 6.40. The van der Waals surface area contributed by atoms with E-state index in [1.165, 1.54) is 7.11 Å². The molecule has 0 aliphatic heterocycles. The molecule has 0 aromatic carbocycles. The summed E-state index contributed by atoms with van der Waals surface area (Å²) in [7, 11) is 3.07. The fourth-order valence-electron chi connectivity index (χ4n) is 3.20. The van der Waals surface area contributed by atoms with E-state index in [1.54, 1.807) is 24.0 Å². The van der Waals surface area contributed by atoms with Crippen LogP contribution in [0.15, 0.2) is 35.4 Å².